The molecule has 0 aromatic carbocycles. The molecule has 2 fully saturated rings. The third kappa shape index (κ3) is 3.59. The zero-order valence-electron chi connectivity index (χ0n) is 10.3. The van der Waals surface area contributed by atoms with Crippen LogP contribution < -0.4 is 0 Å². The van der Waals surface area contributed by atoms with Crippen LogP contribution in [0.5, 0.6) is 0 Å². The highest BCUT2D eigenvalue weighted by Crippen LogP contribution is 2.33. The van der Waals surface area contributed by atoms with Gasteiger partial charge in [0.2, 0.25) is 0 Å². The maximum Gasteiger partial charge on any atom is 0.393 e. The van der Waals surface area contributed by atoms with Crippen molar-refractivity contribution in [3.63, 3.8) is 0 Å². The van der Waals surface area contributed by atoms with Gasteiger partial charge in [-0.1, -0.05) is 0 Å². The summed E-state index contributed by atoms with van der Waals surface area (Å²) < 4.78 is 43.3. The van der Waals surface area contributed by atoms with Crippen LogP contribution in [0.3, 0.4) is 0 Å². The smallest absolute Gasteiger partial charge is 0.393 e. The monoisotopic (exact) mass is 267 g/mol. The van der Waals surface area contributed by atoms with Crippen LogP contribution in [0.25, 0.3) is 0 Å². The number of likely N-dealkylation sites (tertiary alicyclic amines) is 1. The standard InChI is InChI=1S/C12H20F3NO2/c13-12(14,15)10-2-1-4-16(7-10)6-9-8-18-5-3-11(9)17/h9-11,17H,1-8H2. The lowest BCUT2D eigenvalue weighted by Crippen LogP contribution is -2.47. The fraction of sp³-hybridized carbons (Fsp3) is 1.00. The van der Waals surface area contributed by atoms with Gasteiger partial charge in [-0.05, 0) is 25.8 Å². The maximum atomic E-state index is 12.7. The minimum atomic E-state index is -4.10. The van der Waals surface area contributed by atoms with Gasteiger partial charge < -0.3 is 14.7 Å². The Morgan fingerprint density at radius 2 is 2.06 bits per heavy atom. The van der Waals surface area contributed by atoms with Gasteiger partial charge in [-0.25, -0.2) is 0 Å². The predicted octanol–water partition coefficient (Wildman–Crippen LogP) is 1.66. The second-order valence-electron chi connectivity index (χ2n) is 5.33. The van der Waals surface area contributed by atoms with Crippen molar-refractivity contribution in [2.75, 3.05) is 32.8 Å². The summed E-state index contributed by atoms with van der Waals surface area (Å²) in [5.41, 5.74) is 0. The first-order valence-electron chi connectivity index (χ1n) is 6.51. The molecule has 2 saturated heterocycles. The molecular weight excluding hydrogens is 247 g/mol. The fourth-order valence-corrected chi connectivity index (χ4v) is 2.78. The van der Waals surface area contributed by atoms with E-state index in [0.717, 1.165) is 0 Å². The topological polar surface area (TPSA) is 32.7 Å². The number of alkyl halides is 3. The number of aliphatic hydroxyl groups excluding tert-OH is 1. The van der Waals surface area contributed by atoms with Crippen LogP contribution in [-0.2, 0) is 4.74 Å². The number of rotatable bonds is 2. The molecule has 0 aliphatic carbocycles. The van der Waals surface area contributed by atoms with Crippen molar-refractivity contribution in [1.82, 2.24) is 4.90 Å². The van der Waals surface area contributed by atoms with E-state index in [1.165, 1.54) is 0 Å². The Kier molecular flexibility index (Phi) is 4.50. The lowest BCUT2D eigenvalue weighted by Gasteiger charge is -2.37. The molecule has 3 atom stereocenters. The Bertz CT molecular complexity index is 273. The molecule has 106 valence electrons. The third-order valence-electron chi connectivity index (χ3n) is 3.90. The lowest BCUT2D eigenvalue weighted by molar-refractivity contribution is -0.188. The van der Waals surface area contributed by atoms with Crippen LogP contribution in [0, 0.1) is 11.8 Å². The highest BCUT2D eigenvalue weighted by Gasteiger charge is 2.42. The Morgan fingerprint density at radius 1 is 1.28 bits per heavy atom. The van der Waals surface area contributed by atoms with Crippen molar-refractivity contribution in [2.45, 2.75) is 31.5 Å². The molecule has 2 rings (SSSR count). The first kappa shape index (κ1) is 14.1. The minimum Gasteiger partial charge on any atom is -0.393 e. The molecule has 1 N–H and O–H groups in total. The quantitative estimate of drug-likeness (QED) is 0.826. The Balaban J connectivity index is 1.85. The van der Waals surface area contributed by atoms with Gasteiger partial charge in [-0.3, -0.25) is 0 Å². The van der Waals surface area contributed by atoms with Crippen molar-refractivity contribution < 1.29 is 23.0 Å². The molecular formula is C12H20F3NO2. The van der Waals surface area contributed by atoms with E-state index in [1.54, 1.807) is 0 Å². The molecule has 0 amide bonds. The lowest BCUT2D eigenvalue weighted by atomic mass is 9.93. The normalized spacial score (nSPS) is 35.7. The van der Waals surface area contributed by atoms with Gasteiger partial charge in [-0.15, -0.1) is 0 Å². The molecule has 0 saturated carbocycles. The summed E-state index contributed by atoms with van der Waals surface area (Å²) in [4.78, 5) is 1.82. The number of ether oxygens (including phenoxy) is 1. The average Bonchev–Trinajstić information content (AvgIpc) is 2.31. The highest BCUT2D eigenvalue weighted by atomic mass is 19.4. The van der Waals surface area contributed by atoms with Gasteiger partial charge >= 0.3 is 6.18 Å². The van der Waals surface area contributed by atoms with E-state index >= 15 is 0 Å². The van der Waals surface area contributed by atoms with E-state index in [2.05, 4.69) is 0 Å². The van der Waals surface area contributed by atoms with Gasteiger partial charge in [0.1, 0.15) is 0 Å². The first-order chi connectivity index (χ1) is 8.47. The van der Waals surface area contributed by atoms with E-state index in [-0.39, 0.29) is 18.9 Å². The van der Waals surface area contributed by atoms with Gasteiger partial charge in [0.05, 0.1) is 18.6 Å². The number of nitrogens with zero attached hydrogens (tertiary/aromatic N) is 1. The second kappa shape index (κ2) is 5.75. The van der Waals surface area contributed by atoms with Gasteiger partial charge in [0.15, 0.2) is 0 Å². The van der Waals surface area contributed by atoms with Crippen molar-refractivity contribution in [3.8, 4) is 0 Å². The molecule has 0 spiro atoms. The number of aliphatic hydroxyl groups is 1. The van der Waals surface area contributed by atoms with Crippen LogP contribution in [-0.4, -0.2) is 55.1 Å². The van der Waals surface area contributed by atoms with E-state index in [1.807, 2.05) is 4.90 Å². The number of halogens is 3. The number of hydrogen-bond acceptors (Lipinski definition) is 3. The van der Waals surface area contributed by atoms with Crippen molar-refractivity contribution in [3.05, 3.63) is 0 Å². The summed E-state index contributed by atoms with van der Waals surface area (Å²) >= 11 is 0. The molecule has 0 aromatic rings. The molecule has 0 bridgehead atoms. The molecule has 2 aliphatic rings. The fourth-order valence-electron chi connectivity index (χ4n) is 2.78. The highest BCUT2D eigenvalue weighted by molar-refractivity contribution is 4.82. The van der Waals surface area contributed by atoms with Gasteiger partial charge in [0.25, 0.3) is 0 Å². The van der Waals surface area contributed by atoms with E-state index in [0.29, 0.717) is 39.1 Å². The van der Waals surface area contributed by atoms with E-state index < -0.39 is 18.2 Å². The molecule has 2 heterocycles. The zero-order valence-corrected chi connectivity index (χ0v) is 10.3. The van der Waals surface area contributed by atoms with Crippen LogP contribution in [0.4, 0.5) is 13.2 Å². The Labute approximate surface area is 105 Å². The van der Waals surface area contributed by atoms with E-state index in [9.17, 15) is 18.3 Å². The van der Waals surface area contributed by atoms with Crippen LogP contribution >= 0.6 is 0 Å². The maximum absolute atomic E-state index is 12.7. The summed E-state index contributed by atoms with van der Waals surface area (Å²) in [5, 5.41) is 9.80. The second-order valence-corrected chi connectivity index (χ2v) is 5.33. The molecule has 0 aromatic heterocycles. The summed E-state index contributed by atoms with van der Waals surface area (Å²) in [6, 6.07) is 0. The molecule has 3 unspecified atom stereocenters. The molecule has 18 heavy (non-hydrogen) atoms. The van der Waals surface area contributed by atoms with Gasteiger partial charge in [0, 0.05) is 25.6 Å². The Morgan fingerprint density at radius 3 is 2.72 bits per heavy atom. The van der Waals surface area contributed by atoms with Gasteiger partial charge in [-0.2, -0.15) is 13.2 Å². The Hall–Kier alpha value is -0.330. The van der Waals surface area contributed by atoms with E-state index in [4.69, 9.17) is 4.74 Å². The molecule has 0 radical (unpaired) electrons. The summed E-state index contributed by atoms with van der Waals surface area (Å²) in [5.74, 6) is -1.27. The average molecular weight is 267 g/mol. The number of hydrogen-bond donors (Lipinski definition) is 1. The largest absolute Gasteiger partial charge is 0.393 e. The summed E-state index contributed by atoms with van der Waals surface area (Å²) in [6.45, 7) is 2.26. The molecule has 2 aliphatic heterocycles. The van der Waals surface area contributed by atoms with Crippen molar-refractivity contribution >= 4 is 0 Å². The summed E-state index contributed by atoms with van der Waals surface area (Å²) in [7, 11) is 0. The first-order valence-corrected chi connectivity index (χ1v) is 6.51. The zero-order chi connectivity index (χ0) is 13.2. The summed E-state index contributed by atoms with van der Waals surface area (Å²) in [6.07, 6.45) is -3.15. The molecule has 3 nitrogen and oxygen atoms in total. The van der Waals surface area contributed by atoms with Crippen LogP contribution in [0.2, 0.25) is 0 Å². The van der Waals surface area contributed by atoms with Crippen molar-refractivity contribution in [2.24, 2.45) is 11.8 Å². The predicted molar refractivity (Wildman–Crippen MR) is 60.2 cm³/mol. The van der Waals surface area contributed by atoms with Crippen LogP contribution in [0.15, 0.2) is 0 Å². The molecule has 6 heteroatoms. The number of piperidine rings is 1. The van der Waals surface area contributed by atoms with Crippen molar-refractivity contribution in [1.29, 1.82) is 0 Å². The minimum absolute atomic E-state index is 0.0502. The van der Waals surface area contributed by atoms with Crippen LogP contribution in [0.1, 0.15) is 19.3 Å². The SMILES string of the molecule is OC1CCOCC1CN1CCCC(C(F)(F)F)C1. The third-order valence-corrected chi connectivity index (χ3v) is 3.90.